The summed E-state index contributed by atoms with van der Waals surface area (Å²) < 4.78 is 81.7. The normalized spacial score (nSPS) is 14.6. The third-order valence-electron chi connectivity index (χ3n) is 5.65. The predicted molar refractivity (Wildman–Crippen MR) is 112 cm³/mol. The Labute approximate surface area is 197 Å². The number of nitrogens with one attached hydrogen (secondary N) is 1. The van der Waals surface area contributed by atoms with Gasteiger partial charge in [-0.25, -0.2) is 18.2 Å². The van der Waals surface area contributed by atoms with E-state index < -0.39 is 53.0 Å². The molecule has 192 valence electrons. The third kappa shape index (κ3) is 6.13. The summed E-state index contributed by atoms with van der Waals surface area (Å²) in [4.78, 5) is 30.0. The zero-order valence-corrected chi connectivity index (χ0v) is 18.9. The van der Waals surface area contributed by atoms with Crippen LogP contribution in [0.2, 0.25) is 0 Å². The Balaban J connectivity index is 1.74. The van der Waals surface area contributed by atoms with Gasteiger partial charge in [0.05, 0.1) is 12.2 Å². The Morgan fingerprint density at radius 1 is 1.14 bits per heavy atom. The fourth-order valence-corrected chi connectivity index (χ4v) is 3.87. The molecule has 0 saturated heterocycles. The van der Waals surface area contributed by atoms with Crippen LogP contribution in [0.3, 0.4) is 0 Å². The predicted octanol–water partition coefficient (Wildman–Crippen LogP) is 3.15. The SMILES string of the molecule is CCCCNC(=O)c1nc(C(F)(F)F)n2c1CN(C(=O)C[C@H](N)Cc1cc(F)c(F)cc1F)CC2. The summed E-state index contributed by atoms with van der Waals surface area (Å²) >= 11 is 0. The number of unbranched alkanes of at least 4 members (excludes halogenated alkanes) is 1. The number of rotatable bonds is 8. The summed E-state index contributed by atoms with van der Waals surface area (Å²) in [6.45, 7) is 1.53. The van der Waals surface area contributed by atoms with E-state index in [0.717, 1.165) is 11.0 Å². The Morgan fingerprint density at radius 2 is 1.83 bits per heavy atom. The summed E-state index contributed by atoms with van der Waals surface area (Å²) in [6.07, 6.45) is -3.97. The van der Waals surface area contributed by atoms with E-state index in [4.69, 9.17) is 5.73 Å². The van der Waals surface area contributed by atoms with Crippen LogP contribution in [0.25, 0.3) is 0 Å². The lowest BCUT2D eigenvalue weighted by Crippen LogP contribution is -2.42. The van der Waals surface area contributed by atoms with Gasteiger partial charge in [0.1, 0.15) is 5.82 Å². The third-order valence-corrected chi connectivity index (χ3v) is 5.65. The number of carbonyl (C=O) groups is 2. The smallest absolute Gasteiger partial charge is 0.351 e. The summed E-state index contributed by atoms with van der Waals surface area (Å²) in [6, 6.07) is 0.0867. The molecule has 0 saturated carbocycles. The van der Waals surface area contributed by atoms with Gasteiger partial charge in [-0.2, -0.15) is 13.2 Å². The summed E-state index contributed by atoms with van der Waals surface area (Å²) in [5, 5.41) is 2.53. The number of nitrogens with two attached hydrogens (primary N) is 1. The van der Waals surface area contributed by atoms with Gasteiger partial charge in [-0.15, -0.1) is 0 Å². The molecule has 35 heavy (non-hydrogen) atoms. The molecule has 0 bridgehead atoms. The zero-order valence-electron chi connectivity index (χ0n) is 18.9. The summed E-state index contributed by atoms with van der Waals surface area (Å²) in [5.74, 6) is -6.14. The number of carbonyl (C=O) groups excluding carboxylic acids is 2. The van der Waals surface area contributed by atoms with Gasteiger partial charge in [0.25, 0.3) is 5.91 Å². The molecule has 1 atom stereocenters. The van der Waals surface area contributed by atoms with Crippen LogP contribution in [0.5, 0.6) is 0 Å². The average Bonchev–Trinajstić information content (AvgIpc) is 3.17. The van der Waals surface area contributed by atoms with Crippen LogP contribution in [-0.4, -0.2) is 45.4 Å². The minimum absolute atomic E-state index is 0.0499. The standard InChI is InChI=1S/C22H25F6N5O2/c1-2-3-4-30-20(35)19-17-11-32(5-6-33(17)21(31-19)22(26,27)28)18(34)9-13(29)7-12-8-15(24)16(25)10-14(12)23/h8,10,13H,2-7,9,11,29H2,1H3,(H,30,35)/t13-/m1/s1. The highest BCUT2D eigenvalue weighted by atomic mass is 19.4. The van der Waals surface area contributed by atoms with Crippen LogP contribution in [-0.2, 0) is 30.5 Å². The maximum atomic E-state index is 13.9. The molecule has 0 spiro atoms. The molecule has 2 heterocycles. The number of amides is 2. The maximum Gasteiger partial charge on any atom is 0.449 e. The van der Waals surface area contributed by atoms with Gasteiger partial charge in [0.15, 0.2) is 17.3 Å². The van der Waals surface area contributed by atoms with Gasteiger partial charge >= 0.3 is 6.18 Å². The van der Waals surface area contributed by atoms with Crippen molar-refractivity contribution in [3.63, 3.8) is 0 Å². The van der Waals surface area contributed by atoms with Crippen LogP contribution in [0.1, 0.15) is 53.8 Å². The van der Waals surface area contributed by atoms with Crippen LogP contribution in [0, 0.1) is 17.5 Å². The molecule has 13 heteroatoms. The molecule has 1 aliphatic rings. The maximum absolute atomic E-state index is 13.9. The van der Waals surface area contributed by atoms with Crippen LogP contribution >= 0.6 is 0 Å². The number of alkyl halides is 3. The van der Waals surface area contributed by atoms with Crippen LogP contribution < -0.4 is 11.1 Å². The van der Waals surface area contributed by atoms with Crippen molar-refractivity contribution in [2.45, 2.75) is 57.9 Å². The fourth-order valence-electron chi connectivity index (χ4n) is 3.87. The van der Waals surface area contributed by atoms with Crippen LogP contribution in [0.4, 0.5) is 26.3 Å². The Hall–Kier alpha value is -3.09. The number of halogens is 6. The van der Waals surface area contributed by atoms with Gasteiger partial charge in [-0.3, -0.25) is 9.59 Å². The molecule has 7 nitrogen and oxygen atoms in total. The van der Waals surface area contributed by atoms with E-state index in [1.54, 1.807) is 0 Å². The van der Waals surface area contributed by atoms with Crippen molar-refractivity contribution >= 4 is 11.8 Å². The molecule has 0 fully saturated rings. The first-order chi connectivity index (χ1) is 16.4. The number of benzene rings is 1. The van der Waals surface area contributed by atoms with Crippen molar-refractivity contribution < 1.29 is 35.9 Å². The highest BCUT2D eigenvalue weighted by Crippen LogP contribution is 2.32. The Bertz CT molecular complexity index is 1100. The van der Waals surface area contributed by atoms with Crippen molar-refractivity contribution in [1.29, 1.82) is 0 Å². The first kappa shape index (κ1) is 26.5. The Morgan fingerprint density at radius 3 is 2.49 bits per heavy atom. The summed E-state index contributed by atoms with van der Waals surface area (Å²) in [7, 11) is 0. The van der Waals surface area contributed by atoms with Gasteiger partial charge in [-0.1, -0.05) is 13.3 Å². The highest BCUT2D eigenvalue weighted by molar-refractivity contribution is 5.93. The molecule has 1 aromatic carbocycles. The number of aromatic nitrogens is 2. The lowest BCUT2D eigenvalue weighted by Gasteiger charge is -2.30. The van der Waals surface area contributed by atoms with Gasteiger partial charge in [0.2, 0.25) is 11.7 Å². The monoisotopic (exact) mass is 505 g/mol. The fraction of sp³-hybridized carbons (Fsp3) is 0.500. The van der Waals surface area contributed by atoms with Crippen molar-refractivity contribution in [1.82, 2.24) is 19.8 Å². The lowest BCUT2D eigenvalue weighted by molar-refractivity contribution is -0.148. The van der Waals surface area contributed by atoms with E-state index in [1.165, 1.54) is 4.90 Å². The first-order valence-electron chi connectivity index (χ1n) is 11.0. The minimum Gasteiger partial charge on any atom is -0.351 e. The lowest BCUT2D eigenvalue weighted by atomic mass is 10.0. The molecule has 3 N–H and O–H groups in total. The zero-order chi connectivity index (χ0) is 25.9. The molecule has 1 aliphatic heterocycles. The number of hydrogen-bond acceptors (Lipinski definition) is 4. The molecule has 3 rings (SSSR count). The molecule has 0 unspecified atom stereocenters. The summed E-state index contributed by atoms with van der Waals surface area (Å²) in [5.41, 5.74) is 5.25. The molecule has 2 amide bonds. The molecule has 0 radical (unpaired) electrons. The van der Waals surface area contributed by atoms with Gasteiger partial charge in [0, 0.05) is 38.2 Å². The van der Waals surface area contributed by atoms with E-state index in [1.807, 2.05) is 6.92 Å². The number of imidazole rings is 1. The van der Waals surface area contributed by atoms with Crippen molar-refractivity contribution in [2.24, 2.45) is 5.73 Å². The minimum atomic E-state index is -4.79. The van der Waals surface area contributed by atoms with Crippen molar-refractivity contribution in [2.75, 3.05) is 13.1 Å². The second-order valence-corrected chi connectivity index (χ2v) is 8.33. The van der Waals surface area contributed by atoms with Crippen molar-refractivity contribution in [3.05, 3.63) is 52.4 Å². The van der Waals surface area contributed by atoms with E-state index in [0.29, 0.717) is 18.6 Å². The largest absolute Gasteiger partial charge is 0.449 e. The average molecular weight is 505 g/mol. The quantitative estimate of drug-likeness (QED) is 0.328. The molecule has 0 aliphatic carbocycles. The number of hydrogen-bond donors (Lipinski definition) is 2. The molecule has 1 aromatic heterocycles. The van der Waals surface area contributed by atoms with E-state index in [2.05, 4.69) is 10.3 Å². The van der Waals surface area contributed by atoms with Gasteiger partial charge < -0.3 is 20.5 Å². The number of nitrogens with zero attached hydrogens (tertiary/aromatic N) is 3. The second-order valence-electron chi connectivity index (χ2n) is 8.33. The highest BCUT2D eigenvalue weighted by Gasteiger charge is 2.41. The van der Waals surface area contributed by atoms with Crippen LogP contribution in [0.15, 0.2) is 12.1 Å². The first-order valence-corrected chi connectivity index (χ1v) is 11.0. The molecular weight excluding hydrogens is 480 g/mol. The van der Waals surface area contributed by atoms with E-state index in [9.17, 15) is 35.9 Å². The van der Waals surface area contributed by atoms with Gasteiger partial charge in [-0.05, 0) is 24.5 Å². The molecular formula is C22H25F6N5O2. The topological polar surface area (TPSA) is 93.2 Å². The van der Waals surface area contributed by atoms with Crippen molar-refractivity contribution in [3.8, 4) is 0 Å². The Kier molecular flexibility index (Phi) is 8.08. The van der Waals surface area contributed by atoms with E-state index in [-0.39, 0.29) is 50.3 Å². The number of fused-ring (bicyclic) bond motifs is 1. The second kappa shape index (κ2) is 10.7. The van der Waals surface area contributed by atoms with E-state index >= 15 is 0 Å². The molecule has 2 aromatic rings.